The molecule has 4 N–H and O–H groups in total. The van der Waals surface area contributed by atoms with Crippen LogP contribution in [0.15, 0.2) is 12.1 Å². The summed E-state index contributed by atoms with van der Waals surface area (Å²) in [6, 6.07) is 3.64. The lowest BCUT2D eigenvalue weighted by molar-refractivity contribution is -0.130. The molecule has 2 amide bonds. The van der Waals surface area contributed by atoms with Gasteiger partial charge in [0.05, 0.1) is 17.8 Å². The molecule has 0 saturated carbocycles. The van der Waals surface area contributed by atoms with Crippen LogP contribution in [0.1, 0.15) is 25.8 Å². The van der Waals surface area contributed by atoms with E-state index < -0.39 is 0 Å². The van der Waals surface area contributed by atoms with Gasteiger partial charge in [0.15, 0.2) is 0 Å². The van der Waals surface area contributed by atoms with Crippen molar-refractivity contribution < 1.29 is 9.59 Å². The van der Waals surface area contributed by atoms with Crippen LogP contribution in [0.2, 0.25) is 0 Å². The van der Waals surface area contributed by atoms with E-state index in [1.165, 1.54) is 0 Å². The maximum Gasteiger partial charge on any atom is 0.228 e. The molecule has 1 aromatic carbocycles. The first-order valence-corrected chi connectivity index (χ1v) is 7.29. The lowest BCUT2D eigenvalue weighted by atomic mass is 10.1. The van der Waals surface area contributed by atoms with Gasteiger partial charge in [-0.05, 0) is 31.5 Å². The number of amides is 2. The van der Waals surface area contributed by atoms with Gasteiger partial charge in [0.1, 0.15) is 0 Å². The third-order valence-electron chi connectivity index (χ3n) is 3.67. The Bertz CT molecular complexity index is 553. The van der Waals surface area contributed by atoms with Gasteiger partial charge in [-0.1, -0.05) is 0 Å². The van der Waals surface area contributed by atoms with Crippen molar-refractivity contribution in [2.45, 2.75) is 26.7 Å². The average Bonchev–Trinajstić information content (AvgIpc) is 2.79. The highest BCUT2D eigenvalue weighted by atomic mass is 16.2. The Labute approximate surface area is 124 Å². The number of carbonyl (C=O) groups is 2. The van der Waals surface area contributed by atoms with Crippen LogP contribution in [0.25, 0.3) is 0 Å². The molecule has 0 spiro atoms. The number of nitrogen functional groups attached to an aromatic ring is 1. The molecule has 0 bridgehead atoms. The molecule has 0 radical (unpaired) electrons. The number of carbonyl (C=O) groups excluding carboxylic acids is 2. The molecular formula is C15H22N4O2. The maximum atomic E-state index is 11.9. The average molecular weight is 290 g/mol. The zero-order valence-electron chi connectivity index (χ0n) is 12.5. The summed E-state index contributed by atoms with van der Waals surface area (Å²) < 4.78 is 0. The van der Waals surface area contributed by atoms with Crippen LogP contribution in [-0.2, 0) is 16.0 Å². The minimum atomic E-state index is -0.0155. The second kappa shape index (κ2) is 6.47. The van der Waals surface area contributed by atoms with Crippen molar-refractivity contribution >= 4 is 28.9 Å². The monoisotopic (exact) mass is 290 g/mol. The number of fused-ring (bicyclic) bond motifs is 1. The molecule has 114 valence electrons. The summed E-state index contributed by atoms with van der Waals surface area (Å²) in [5, 5.41) is 5.96. The van der Waals surface area contributed by atoms with Gasteiger partial charge >= 0.3 is 0 Å². The lowest BCUT2D eigenvalue weighted by Crippen LogP contribution is -2.31. The van der Waals surface area contributed by atoms with E-state index in [2.05, 4.69) is 10.6 Å². The van der Waals surface area contributed by atoms with Crippen molar-refractivity contribution in [3.8, 4) is 0 Å². The van der Waals surface area contributed by atoms with Gasteiger partial charge in [-0.25, -0.2) is 0 Å². The van der Waals surface area contributed by atoms with Crippen molar-refractivity contribution in [3.63, 3.8) is 0 Å². The molecule has 6 nitrogen and oxygen atoms in total. The summed E-state index contributed by atoms with van der Waals surface area (Å²) in [5.41, 5.74) is 9.04. The van der Waals surface area contributed by atoms with Crippen LogP contribution in [-0.4, -0.2) is 36.3 Å². The van der Waals surface area contributed by atoms with Crippen molar-refractivity contribution in [2.24, 2.45) is 0 Å². The molecule has 0 aromatic heterocycles. The Hall–Kier alpha value is -2.24. The molecule has 21 heavy (non-hydrogen) atoms. The third-order valence-corrected chi connectivity index (χ3v) is 3.67. The zero-order chi connectivity index (χ0) is 15.4. The van der Waals surface area contributed by atoms with Gasteiger partial charge in [-0.15, -0.1) is 0 Å². The molecule has 0 fully saturated rings. The standard InChI is InChI=1S/C15H22N4O2/c1-3-19(4-2)15(21)5-6-17-13-9-12-10(7-11(13)16)8-14(20)18-12/h7,9,17H,3-6,8,16H2,1-2H3,(H,18,20). The first-order chi connectivity index (χ1) is 10.0. The summed E-state index contributed by atoms with van der Waals surface area (Å²) in [5.74, 6) is 0.110. The highest BCUT2D eigenvalue weighted by Gasteiger charge is 2.19. The highest BCUT2D eigenvalue weighted by molar-refractivity contribution is 6.00. The quantitative estimate of drug-likeness (QED) is 0.692. The lowest BCUT2D eigenvalue weighted by Gasteiger charge is -2.19. The molecule has 0 atom stereocenters. The molecule has 1 aromatic rings. The van der Waals surface area contributed by atoms with E-state index in [-0.39, 0.29) is 11.8 Å². The maximum absolute atomic E-state index is 11.9. The predicted molar refractivity (Wildman–Crippen MR) is 84.2 cm³/mol. The number of nitrogens with two attached hydrogens (primary N) is 1. The topological polar surface area (TPSA) is 87.5 Å². The third kappa shape index (κ3) is 3.45. The van der Waals surface area contributed by atoms with Gasteiger partial charge in [-0.2, -0.15) is 0 Å². The van der Waals surface area contributed by atoms with Gasteiger partial charge in [0.2, 0.25) is 11.8 Å². The van der Waals surface area contributed by atoms with E-state index in [1.807, 2.05) is 26.0 Å². The van der Waals surface area contributed by atoms with E-state index in [1.54, 1.807) is 4.90 Å². The second-order valence-electron chi connectivity index (χ2n) is 5.06. The number of nitrogens with one attached hydrogen (secondary N) is 2. The van der Waals surface area contributed by atoms with E-state index in [4.69, 9.17) is 5.73 Å². The SMILES string of the molecule is CCN(CC)C(=O)CCNc1cc2c(cc1N)CC(=O)N2. The second-order valence-corrected chi connectivity index (χ2v) is 5.06. The fraction of sp³-hybridized carbons (Fsp3) is 0.467. The highest BCUT2D eigenvalue weighted by Crippen LogP contribution is 2.31. The summed E-state index contributed by atoms with van der Waals surface area (Å²) in [4.78, 5) is 25.1. The number of benzene rings is 1. The van der Waals surface area contributed by atoms with Gasteiger partial charge in [0, 0.05) is 31.7 Å². The van der Waals surface area contributed by atoms with E-state index in [9.17, 15) is 9.59 Å². The minimum Gasteiger partial charge on any atom is -0.397 e. The molecule has 0 aliphatic carbocycles. The van der Waals surface area contributed by atoms with Crippen molar-refractivity contribution in [2.75, 3.05) is 36.0 Å². The molecule has 0 unspecified atom stereocenters. The zero-order valence-corrected chi connectivity index (χ0v) is 12.5. The molecule has 1 heterocycles. The number of anilines is 3. The Morgan fingerprint density at radius 3 is 2.76 bits per heavy atom. The molecule has 6 heteroatoms. The van der Waals surface area contributed by atoms with Crippen molar-refractivity contribution in [1.29, 1.82) is 0 Å². The summed E-state index contributed by atoms with van der Waals surface area (Å²) in [7, 11) is 0. The normalized spacial score (nSPS) is 12.8. The Morgan fingerprint density at radius 1 is 1.38 bits per heavy atom. The largest absolute Gasteiger partial charge is 0.397 e. The van der Waals surface area contributed by atoms with Crippen LogP contribution in [0, 0.1) is 0 Å². The molecule has 1 aliphatic rings. The van der Waals surface area contributed by atoms with E-state index >= 15 is 0 Å². The number of nitrogens with zero attached hydrogens (tertiary/aromatic N) is 1. The van der Waals surface area contributed by atoms with Crippen LogP contribution in [0.4, 0.5) is 17.1 Å². The van der Waals surface area contributed by atoms with Gasteiger partial charge in [0.25, 0.3) is 0 Å². The predicted octanol–water partition coefficient (Wildman–Crippen LogP) is 1.43. The van der Waals surface area contributed by atoms with Gasteiger partial charge in [-0.3, -0.25) is 9.59 Å². The van der Waals surface area contributed by atoms with Crippen LogP contribution >= 0.6 is 0 Å². The smallest absolute Gasteiger partial charge is 0.228 e. The molecule has 2 rings (SSSR count). The Balaban J connectivity index is 1.94. The summed E-state index contributed by atoms with van der Waals surface area (Å²) in [6.07, 6.45) is 0.796. The van der Waals surface area contributed by atoms with Crippen molar-refractivity contribution in [3.05, 3.63) is 17.7 Å². The number of hydrogen-bond donors (Lipinski definition) is 3. The first-order valence-electron chi connectivity index (χ1n) is 7.29. The molecular weight excluding hydrogens is 268 g/mol. The summed E-state index contributed by atoms with van der Waals surface area (Å²) >= 11 is 0. The fourth-order valence-corrected chi connectivity index (χ4v) is 2.49. The number of hydrogen-bond acceptors (Lipinski definition) is 4. The van der Waals surface area contributed by atoms with Gasteiger partial charge < -0.3 is 21.3 Å². The van der Waals surface area contributed by atoms with E-state index in [0.717, 1.165) is 30.0 Å². The fourth-order valence-electron chi connectivity index (χ4n) is 2.49. The first kappa shape index (κ1) is 15.2. The minimum absolute atomic E-state index is 0.0155. The Morgan fingerprint density at radius 2 is 2.10 bits per heavy atom. The van der Waals surface area contributed by atoms with Crippen LogP contribution in [0.5, 0.6) is 0 Å². The number of rotatable bonds is 6. The molecule has 0 saturated heterocycles. The molecule has 1 aliphatic heterocycles. The summed E-state index contributed by atoms with van der Waals surface area (Å²) in [6.45, 7) is 5.91. The Kier molecular flexibility index (Phi) is 4.67. The van der Waals surface area contributed by atoms with Crippen LogP contribution < -0.4 is 16.4 Å². The van der Waals surface area contributed by atoms with Crippen LogP contribution in [0.3, 0.4) is 0 Å². The van der Waals surface area contributed by atoms with E-state index in [0.29, 0.717) is 25.1 Å². The van der Waals surface area contributed by atoms with Crippen molar-refractivity contribution in [1.82, 2.24) is 4.90 Å².